The second kappa shape index (κ2) is 5.45. The standard InChI is InChI=1S/C13H17ClN4O/c1-17-5-6-19-10(8-17)9-18-12(7-14)16-11-3-2-4-15-13(11)18/h2-4,10H,5-9H2,1H3. The van der Waals surface area contributed by atoms with Crippen LogP contribution in [-0.4, -0.2) is 52.3 Å². The van der Waals surface area contributed by atoms with Gasteiger partial charge in [-0.1, -0.05) is 0 Å². The first-order valence-corrected chi connectivity index (χ1v) is 6.97. The molecule has 1 aliphatic heterocycles. The summed E-state index contributed by atoms with van der Waals surface area (Å²) in [4.78, 5) is 11.2. The lowest BCUT2D eigenvalue weighted by molar-refractivity contribution is -0.0272. The SMILES string of the molecule is CN1CCOC(Cn2c(CCl)nc3cccnc32)C1. The van der Waals surface area contributed by atoms with Crippen LogP contribution >= 0.6 is 11.6 Å². The van der Waals surface area contributed by atoms with Crippen molar-refractivity contribution in [1.29, 1.82) is 0 Å². The van der Waals surface area contributed by atoms with Crippen molar-refractivity contribution in [2.24, 2.45) is 0 Å². The van der Waals surface area contributed by atoms with E-state index >= 15 is 0 Å². The minimum Gasteiger partial charge on any atom is -0.374 e. The number of hydrogen-bond acceptors (Lipinski definition) is 4. The van der Waals surface area contributed by atoms with Gasteiger partial charge in [-0.3, -0.25) is 0 Å². The highest BCUT2D eigenvalue weighted by Gasteiger charge is 2.21. The maximum absolute atomic E-state index is 5.99. The van der Waals surface area contributed by atoms with Crippen LogP contribution in [-0.2, 0) is 17.2 Å². The van der Waals surface area contributed by atoms with Gasteiger partial charge in [-0.05, 0) is 19.2 Å². The Hall–Kier alpha value is -1.17. The minimum absolute atomic E-state index is 0.167. The van der Waals surface area contributed by atoms with Gasteiger partial charge in [-0.15, -0.1) is 11.6 Å². The van der Waals surface area contributed by atoms with Gasteiger partial charge in [0.1, 0.15) is 11.3 Å². The van der Waals surface area contributed by atoms with Gasteiger partial charge in [0.15, 0.2) is 5.65 Å². The highest BCUT2D eigenvalue weighted by atomic mass is 35.5. The van der Waals surface area contributed by atoms with Crippen LogP contribution in [0.15, 0.2) is 18.3 Å². The van der Waals surface area contributed by atoms with Crippen LogP contribution in [0.4, 0.5) is 0 Å². The molecule has 1 saturated heterocycles. The number of pyridine rings is 1. The summed E-state index contributed by atoms with van der Waals surface area (Å²) in [6, 6.07) is 3.85. The van der Waals surface area contributed by atoms with Crippen LogP contribution in [0.2, 0.25) is 0 Å². The van der Waals surface area contributed by atoms with Crippen molar-refractivity contribution in [3.8, 4) is 0 Å². The van der Waals surface area contributed by atoms with Gasteiger partial charge in [0.25, 0.3) is 0 Å². The van der Waals surface area contributed by atoms with Gasteiger partial charge in [-0.2, -0.15) is 0 Å². The van der Waals surface area contributed by atoms with Crippen LogP contribution < -0.4 is 0 Å². The van der Waals surface area contributed by atoms with Crippen LogP contribution in [0.5, 0.6) is 0 Å². The first-order valence-electron chi connectivity index (χ1n) is 6.44. The van der Waals surface area contributed by atoms with E-state index in [1.807, 2.05) is 12.1 Å². The molecular formula is C13H17ClN4O. The number of ether oxygens (including phenoxy) is 1. The lowest BCUT2D eigenvalue weighted by Crippen LogP contribution is -2.42. The monoisotopic (exact) mass is 280 g/mol. The van der Waals surface area contributed by atoms with Crippen molar-refractivity contribution in [2.45, 2.75) is 18.5 Å². The number of halogens is 1. The summed E-state index contributed by atoms with van der Waals surface area (Å²) in [7, 11) is 2.11. The second-order valence-corrected chi connectivity index (χ2v) is 5.14. The molecule has 5 nitrogen and oxygen atoms in total. The number of rotatable bonds is 3. The Morgan fingerprint density at radius 3 is 3.21 bits per heavy atom. The number of fused-ring (bicyclic) bond motifs is 1. The Labute approximate surface area is 117 Å². The molecule has 2 aromatic rings. The number of aromatic nitrogens is 3. The number of imidazole rings is 1. The van der Waals surface area contributed by atoms with E-state index in [2.05, 4.69) is 26.5 Å². The van der Waals surface area contributed by atoms with Crippen LogP contribution in [0.1, 0.15) is 5.82 Å². The molecule has 0 bridgehead atoms. The van der Waals surface area contributed by atoms with E-state index in [1.165, 1.54) is 0 Å². The maximum Gasteiger partial charge on any atom is 0.160 e. The largest absolute Gasteiger partial charge is 0.374 e. The molecule has 0 aromatic carbocycles. The molecule has 0 aliphatic carbocycles. The molecule has 19 heavy (non-hydrogen) atoms. The van der Waals surface area contributed by atoms with Gasteiger partial charge in [0.2, 0.25) is 0 Å². The lowest BCUT2D eigenvalue weighted by atomic mass is 10.3. The molecule has 3 heterocycles. The molecule has 6 heteroatoms. The average Bonchev–Trinajstić information content (AvgIpc) is 2.77. The Morgan fingerprint density at radius 1 is 1.53 bits per heavy atom. The van der Waals surface area contributed by atoms with Gasteiger partial charge in [-0.25, -0.2) is 9.97 Å². The molecular weight excluding hydrogens is 264 g/mol. The first kappa shape index (κ1) is 12.8. The van der Waals surface area contributed by atoms with Crippen molar-refractivity contribution in [2.75, 3.05) is 26.7 Å². The quantitative estimate of drug-likeness (QED) is 0.799. The number of likely N-dealkylation sites (N-methyl/N-ethyl adjacent to an activating group) is 1. The Morgan fingerprint density at radius 2 is 2.42 bits per heavy atom. The lowest BCUT2D eigenvalue weighted by Gasteiger charge is -2.30. The van der Waals surface area contributed by atoms with Crippen LogP contribution in [0, 0.1) is 0 Å². The molecule has 2 aromatic heterocycles. The summed E-state index contributed by atoms with van der Waals surface area (Å²) in [6.45, 7) is 3.44. The third-order valence-electron chi connectivity index (χ3n) is 3.43. The number of alkyl halides is 1. The van der Waals surface area contributed by atoms with Crippen LogP contribution in [0.25, 0.3) is 11.2 Å². The van der Waals surface area contributed by atoms with Crippen molar-refractivity contribution in [1.82, 2.24) is 19.4 Å². The zero-order valence-electron chi connectivity index (χ0n) is 10.9. The van der Waals surface area contributed by atoms with E-state index in [1.54, 1.807) is 6.20 Å². The second-order valence-electron chi connectivity index (χ2n) is 4.87. The Balaban J connectivity index is 1.90. The highest BCUT2D eigenvalue weighted by Crippen LogP contribution is 2.17. The molecule has 0 radical (unpaired) electrons. The fourth-order valence-corrected chi connectivity index (χ4v) is 2.68. The highest BCUT2D eigenvalue weighted by molar-refractivity contribution is 6.16. The van der Waals surface area contributed by atoms with E-state index in [4.69, 9.17) is 16.3 Å². The molecule has 0 spiro atoms. The minimum atomic E-state index is 0.167. The molecule has 1 unspecified atom stereocenters. The van der Waals surface area contributed by atoms with Gasteiger partial charge < -0.3 is 14.2 Å². The third-order valence-corrected chi connectivity index (χ3v) is 3.67. The normalized spacial score (nSPS) is 21.1. The summed E-state index contributed by atoms with van der Waals surface area (Å²) >= 11 is 5.99. The molecule has 0 N–H and O–H groups in total. The average molecular weight is 281 g/mol. The molecule has 1 fully saturated rings. The third kappa shape index (κ3) is 2.59. The summed E-state index contributed by atoms with van der Waals surface area (Å²) in [5.74, 6) is 1.24. The maximum atomic E-state index is 5.99. The van der Waals surface area contributed by atoms with E-state index in [9.17, 15) is 0 Å². The summed E-state index contributed by atoms with van der Waals surface area (Å²) in [6.07, 6.45) is 1.95. The topological polar surface area (TPSA) is 43.2 Å². The van der Waals surface area contributed by atoms with Crippen molar-refractivity contribution in [3.05, 3.63) is 24.2 Å². The smallest absolute Gasteiger partial charge is 0.160 e. The van der Waals surface area contributed by atoms with E-state index in [0.29, 0.717) is 5.88 Å². The Kier molecular flexibility index (Phi) is 3.68. The summed E-state index contributed by atoms with van der Waals surface area (Å²) < 4.78 is 7.88. The van der Waals surface area contributed by atoms with Gasteiger partial charge >= 0.3 is 0 Å². The molecule has 102 valence electrons. The zero-order valence-corrected chi connectivity index (χ0v) is 11.7. The number of morpholine rings is 1. The number of nitrogens with zero attached hydrogens (tertiary/aromatic N) is 4. The predicted molar refractivity (Wildman–Crippen MR) is 74.3 cm³/mol. The number of hydrogen-bond donors (Lipinski definition) is 0. The zero-order chi connectivity index (χ0) is 13.2. The fourth-order valence-electron chi connectivity index (χ4n) is 2.48. The first-order chi connectivity index (χ1) is 9.28. The van der Waals surface area contributed by atoms with Crippen molar-refractivity contribution < 1.29 is 4.74 Å². The summed E-state index contributed by atoms with van der Waals surface area (Å²) in [5.41, 5.74) is 1.78. The molecule has 0 saturated carbocycles. The van der Waals surface area contributed by atoms with Gasteiger partial charge in [0.05, 0.1) is 25.1 Å². The van der Waals surface area contributed by atoms with Crippen molar-refractivity contribution >= 4 is 22.8 Å². The van der Waals surface area contributed by atoms with E-state index < -0.39 is 0 Å². The fraction of sp³-hybridized carbons (Fsp3) is 0.538. The molecule has 1 aliphatic rings. The molecule has 3 rings (SSSR count). The summed E-state index contributed by atoms with van der Waals surface area (Å²) in [5, 5.41) is 0. The van der Waals surface area contributed by atoms with E-state index in [-0.39, 0.29) is 6.10 Å². The van der Waals surface area contributed by atoms with Gasteiger partial charge in [0, 0.05) is 19.3 Å². The molecule has 1 atom stereocenters. The van der Waals surface area contributed by atoms with E-state index in [0.717, 1.165) is 43.2 Å². The Bertz CT molecular complexity index is 571. The molecule has 0 amide bonds. The van der Waals surface area contributed by atoms with Crippen molar-refractivity contribution in [3.63, 3.8) is 0 Å². The predicted octanol–water partition coefficient (Wildman–Crippen LogP) is 1.50. The van der Waals surface area contributed by atoms with Crippen LogP contribution in [0.3, 0.4) is 0 Å².